The molecule has 0 aromatic heterocycles. The lowest BCUT2D eigenvalue weighted by molar-refractivity contribution is 0.269. The molecule has 1 fully saturated rings. The van der Waals surface area contributed by atoms with Crippen molar-refractivity contribution in [3.63, 3.8) is 0 Å². The summed E-state index contributed by atoms with van der Waals surface area (Å²) in [5, 5.41) is 0.270. The van der Waals surface area contributed by atoms with Gasteiger partial charge in [-0.2, -0.15) is 4.31 Å². The van der Waals surface area contributed by atoms with E-state index in [9.17, 15) is 8.42 Å². The zero-order valence-corrected chi connectivity index (χ0v) is 14.3. The van der Waals surface area contributed by atoms with Crippen LogP contribution < -0.4 is 5.73 Å². The summed E-state index contributed by atoms with van der Waals surface area (Å²) in [5.41, 5.74) is 6.03. The van der Waals surface area contributed by atoms with Crippen LogP contribution in [0.25, 0.3) is 0 Å². The molecule has 2 N–H and O–H groups in total. The van der Waals surface area contributed by atoms with Crippen LogP contribution in [0.1, 0.15) is 31.7 Å². The van der Waals surface area contributed by atoms with E-state index in [2.05, 4.69) is 6.92 Å². The van der Waals surface area contributed by atoms with Crippen molar-refractivity contribution in [3.05, 3.63) is 28.8 Å². The van der Waals surface area contributed by atoms with Gasteiger partial charge < -0.3 is 5.73 Å². The van der Waals surface area contributed by atoms with Crippen LogP contribution in [0, 0.1) is 5.92 Å². The largest absolute Gasteiger partial charge is 0.389 e. The summed E-state index contributed by atoms with van der Waals surface area (Å²) in [6, 6.07) is 4.51. The normalized spacial score (nSPS) is 17.8. The zero-order valence-electron chi connectivity index (χ0n) is 11.9. The topological polar surface area (TPSA) is 63.4 Å². The Hall–Kier alpha value is -0.690. The Bertz CT molecular complexity index is 638. The van der Waals surface area contributed by atoms with E-state index in [1.807, 2.05) is 0 Å². The Morgan fingerprint density at radius 2 is 2.05 bits per heavy atom. The van der Waals surface area contributed by atoms with Crippen molar-refractivity contribution < 1.29 is 8.42 Å². The Morgan fingerprint density at radius 1 is 1.43 bits per heavy atom. The lowest BCUT2D eigenvalue weighted by Crippen LogP contribution is -2.38. The number of hydrogen-bond acceptors (Lipinski definition) is 3. The second-order valence-corrected chi connectivity index (χ2v) is 8.05. The maximum Gasteiger partial charge on any atom is 0.243 e. The van der Waals surface area contributed by atoms with Crippen molar-refractivity contribution >= 4 is 38.8 Å². The Balaban J connectivity index is 2.24. The van der Waals surface area contributed by atoms with Gasteiger partial charge in [-0.3, -0.25) is 0 Å². The third-order valence-corrected chi connectivity index (χ3v) is 6.42. The van der Waals surface area contributed by atoms with E-state index in [1.165, 1.54) is 16.4 Å². The molecule has 1 aliphatic rings. The van der Waals surface area contributed by atoms with E-state index in [1.54, 1.807) is 6.07 Å². The van der Waals surface area contributed by atoms with Gasteiger partial charge in [-0.05, 0) is 37.0 Å². The van der Waals surface area contributed by atoms with E-state index in [0.717, 1.165) is 19.3 Å². The molecule has 0 atom stereocenters. The summed E-state index contributed by atoms with van der Waals surface area (Å²) in [5.74, 6) is 0.622. The molecule has 4 nitrogen and oxygen atoms in total. The highest BCUT2D eigenvalue weighted by molar-refractivity contribution is 7.89. The molecular formula is C14H19ClN2O2S2. The molecule has 0 bridgehead atoms. The summed E-state index contributed by atoms with van der Waals surface area (Å²) >= 11 is 10.9. The van der Waals surface area contributed by atoms with Crippen LogP contribution in [0.15, 0.2) is 23.1 Å². The van der Waals surface area contributed by atoms with E-state index < -0.39 is 10.0 Å². The third-order valence-electron chi connectivity index (χ3n) is 3.99. The molecule has 0 aliphatic carbocycles. The van der Waals surface area contributed by atoms with E-state index in [0.29, 0.717) is 24.6 Å². The molecule has 2 rings (SSSR count). The second-order valence-electron chi connectivity index (χ2n) is 5.26. The molecule has 1 heterocycles. The standard InChI is InChI=1S/C14H19ClN2O2S2/c1-2-10-5-7-17(8-6-10)21(18,19)11-3-4-12(14(16)20)13(15)9-11/h3-4,9-10H,2,5-8H2,1H3,(H2,16,20). The quantitative estimate of drug-likeness (QED) is 0.851. The van der Waals surface area contributed by atoms with Gasteiger partial charge in [-0.25, -0.2) is 8.42 Å². The van der Waals surface area contributed by atoms with Gasteiger partial charge >= 0.3 is 0 Å². The van der Waals surface area contributed by atoms with Crippen LogP contribution in [0.2, 0.25) is 5.02 Å². The van der Waals surface area contributed by atoms with Crippen molar-refractivity contribution in [2.75, 3.05) is 13.1 Å². The number of nitrogens with two attached hydrogens (primary N) is 1. The average molecular weight is 347 g/mol. The molecule has 1 saturated heterocycles. The monoisotopic (exact) mass is 346 g/mol. The minimum atomic E-state index is -3.49. The van der Waals surface area contributed by atoms with E-state index >= 15 is 0 Å². The Labute approximate surface area is 136 Å². The maximum absolute atomic E-state index is 12.6. The first kappa shape index (κ1) is 16.7. The summed E-state index contributed by atoms with van der Waals surface area (Å²) < 4.78 is 26.8. The number of hydrogen-bond donors (Lipinski definition) is 1. The van der Waals surface area contributed by atoms with Crippen LogP contribution in [0.4, 0.5) is 0 Å². The minimum Gasteiger partial charge on any atom is -0.389 e. The van der Waals surface area contributed by atoms with Crippen molar-refractivity contribution in [1.29, 1.82) is 0 Å². The van der Waals surface area contributed by atoms with E-state index in [4.69, 9.17) is 29.6 Å². The average Bonchev–Trinajstić information content (AvgIpc) is 2.46. The molecule has 1 aromatic carbocycles. The fourth-order valence-corrected chi connectivity index (χ4v) is 4.64. The van der Waals surface area contributed by atoms with E-state index in [-0.39, 0.29) is 14.9 Å². The number of sulfonamides is 1. The van der Waals surface area contributed by atoms with Crippen LogP contribution in [0.5, 0.6) is 0 Å². The molecule has 116 valence electrons. The number of rotatable bonds is 4. The predicted octanol–water partition coefficient (Wildman–Crippen LogP) is 2.78. The van der Waals surface area contributed by atoms with Crippen LogP contribution in [-0.4, -0.2) is 30.8 Å². The highest BCUT2D eigenvalue weighted by Gasteiger charge is 2.29. The van der Waals surface area contributed by atoms with Gasteiger partial charge in [0.25, 0.3) is 0 Å². The molecule has 0 unspecified atom stereocenters. The number of piperidine rings is 1. The highest BCUT2D eigenvalue weighted by atomic mass is 35.5. The Kier molecular flexibility index (Phi) is 5.24. The Morgan fingerprint density at radius 3 is 2.52 bits per heavy atom. The number of thiocarbonyl (C=S) groups is 1. The zero-order chi connectivity index (χ0) is 15.6. The summed E-state index contributed by atoms with van der Waals surface area (Å²) in [4.78, 5) is 0.357. The van der Waals surface area contributed by atoms with Crippen molar-refractivity contribution in [1.82, 2.24) is 4.31 Å². The fourth-order valence-electron chi connectivity index (χ4n) is 2.56. The molecule has 1 aromatic rings. The van der Waals surface area contributed by atoms with Gasteiger partial charge in [0.05, 0.1) is 9.92 Å². The van der Waals surface area contributed by atoms with Gasteiger partial charge in [0.2, 0.25) is 10.0 Å². The lowest BCUT2D eigenvalue weighted by atomic mass is 9.96. The molecule has 0 spiro atoms. The number of nitrogens with zero attached hydrogens (tertiary/aromatic N) is 1. The molecule has 1 aliphatic heterocycles. The van der Waals surface area contributed by atoms with Crippen LogP contribution in [0.3, 0.4) is 0 Å². The SMILES string of the molecule is CCC1CCN(S(=O)(=O)c2ccc(C(N)=S)c(Cl)c2)CC1. The van der Waals surface area contributed by atoms with Gasteiger partial charge in [-0.15, -0.1) is 0 Å². The minimum absolute atomic E-state index is 0.160. The van der Waals surface area contributed by atoms with Crippen LogP contribution >= 0.6 is 23.8 Å². The van der Waals surface area contributed by atoms with Crippen molar-refractivity contribution in [2.45, 2.75) is 31.1 Å². The highest BCUT2D eigenvalue weighted by Crippen LogP contribution is 2.27. The summed E-state index contributed by atoms with van der Waals surface area (Å²) in [7, 11) is -3.49. The summed E-state index contributed by atoms with van der Waals surface area (Å²) in [6.45, 7) is 3.27. The van der Waals surface area contributed by atoms with Gasteiger partial charge in [0.1, 0.15) is 4.99 Å². The van der Waals surface area contributed by atoms with Gasteiger partial charge in [0.15, 0.2) is 0 Å². The first-order chi connectivity index (χ1) is 9.86. The first-order valence-electron chi connectivity index (χ1n) is 6.95. The molecular weight excluding hydrogens is 328 g/mol. The predicted molar refractivity (Wildman–Crippen MR) is 89.1 cm³/mol. The molecule has 0 amide bonds. The summed E-state index contributed by atoms with van der Waals surface area (Å²) in [6.07, 6.45) is 2.92. The first-order valence-corrected chi connectivity index (χ1v) is 9.18. The second kappa shape index (κ2) is 6.60. The van der Waals surface area contributed by atoms with Gasteiger partial charge in [0, 0.05) is 18.7 Å². The number of benzene rings is 1. The smallest absolute Gasteiger partial charge is 0.243 e. The van der Waals surface area contributed by atoms with Crippen molar-refractivity contribution in [3.8, 4) is 0 Å². The van der Waals surface area contributed by atoms with Gasteiger partial charge in [-0.1, -0.05) is 37.2 Å². The molecule has 7 heteroatoms. The number of halogens is 1. The maximum atomic E-state index is 12.6. The third kappa shape index (κ3) is 3.56. The molecule has 0 radical (unpaired) electrons. The van der Waals surface area contributed by atoms with Crippen molar-refractivity contribution in [2.24, 2.45) is 11.7 Å². The lowest BCUT2D eigenvalue weighted by Gasteiger charge is -2.30. The fraction of sp³-hybridized carbons (Fsp3) is 0.500. The molecule has 21 heavy (non-hydrogen) atoms. The molecule has 0 saturated carbocycles. The van der Waals surface area contributed by atoms with Crippen LogP contribution in [-0.2, 0) is 10.0 Å².